The molecule has 2 fully saturated rings. The standard InChI is InChI=1S/C28H28F2N4O4S/c1-16(24-11-19(14-39-24)26(31)32)33-27(36)23-13-28(37-8-9-38-28)15-34(23)25(35)10-17-2-4-18(5-3-17)21-7-6-20(29)12-22(21)30/h2-7,11-12,14,16,23H,8-10,13,15H2,1H3,(H3,31,32)(H,33,36)/t16-,23?/m1/s1. The number of hydrogen-bond donors (Lipinski definition) is 3. The highest BCUT2D eigenvalue weighted by molar-refractivity contribution is 7.10. The first-order chi connectivity index (χ1) is 18.6. The van der Waals surface area contributed by atoms with Crippen molar-refractivity contribution < 1.29 is 27.8 Å². The average molecular weight is 555 g/mol. The molecule has 0 aliphatic carbocycles. The van der Waals surface area contributed by atoms with Crippen molar-refractivity contribution >= 4 is 29.0 Å². The Hall–Kier alpha value is -3.67. The van der Waals surface area contributed by atoms with Gasteiger partial charge in [0.05, 0.1) is 32.2 Å². The molecule has 2 saturated heterocycles. The van der Waals surface area contributed by atoms with Gasteiger partial charge in [0.25, 0.3) is 0 Å². The van der Waals surface area contributed by atoms with Gasteiger partial charge in [0, 0.05) is 33.9 Å². The maximum Gasteiger partial charge on any atom is 0.243 e. The van der Waals surface area contributed by atoms with Gasteiger partial charge in [-0.1, -0.05) is 24.3 Å². The highest BCUT2D eigenvalue weighted by Gasteiger charge is 2.52. The summed E-state index contributed by atoms with van der Waals surface area (Å²) in [5.74, 6) is -2.98. The van der Waals surface area contributed by atoms with Gasteiger partial charge in [0.2, 0.25) is 11.8 Å². The molecule has 204 valence electrons. The third kappa shape index (κ3) is 5.70. The Morgan fingerprint density at radius 1 is 1.18 bits per heavy atom. The highest BCUT2D eigenvalue weighted by Crippen LogP contribution is 2.36. The van der Waals surface area contributed by atoms with Gasteiger partial charge in [-0.05, 0) is 36.2 Å². The van der Waals surface area contributed by atoms with E-state index in [0.717, 1.165) is 10.9 Å². The predicted molar refractivity (Wildman–Crippen MR) is 142 cm³/mol. The van der Waals surface area contributed by atoms with Gasteiger partial charge in [-0.15, -0.1) is 11.3 Å². The lowest BCUT2D eigenvalue weighted by Gasteiger charge is -2.25. The molecule has 0 saturated carbocycles. The number of nitrogens with one attached hydrogen (secondary N) is 2. The van der Waals surface area contributed by atoms with Gasteiger partial charge >= 0.3 is 0 Å². The molecule has 1 unspecified atom stereocenters. The number of rotatable bonds is 7. The van der Waals surface area contributed by atoms with Crippen LogP contribution in [0, 0.1) is 17.0 Å². The second-order valence-corrected chi connectivity index (χ2v) is 10.7. The van der Waals surface area contributed by atoms with E-state index < -0.39 is 23.5 Å². The summed E-state index contributed by atoms with van der Waals surface area (Å²) in [6.07, 6.45) is 0.234. The van der Waals surface area contributed by atoms with Gasteiger partial charge in [0.15, 0.2) is 5.79 Å². The van der Waals surface area contributed by atoms with Crippen LogP contribution in [0.1, 0.15) is 35.4 Å². The van der Waals surface area contributed by atoms with Crippen LogP contribution >= 0.6 is 11.3 Å². The molecule has 4 N–H and O–H groups in total. The molecule has 2 aliphatic heterocycles. The lowest BCUT2D eigenvalue weighted by atomic mass is 10.0. The highest BCUT2D eigenvalue weighted by atomic mass is 32.1. The molecule has 2 aromatic carbocycles. The summed E-state index contributed by atoms with van der Waals surface area (Å²) in [6, 6.07) is 10.8. The van der Waals surface area contributed by atoms with Crippen LogP contribution in [0.4, 0.5) is 8.78 Å². The summed E-state index contributed by atoms with van der Waals surface area (Å²) in [6.45, 7) is 2.73. The molecule has 2 aliphatic rings. The van der Waals surface area contributed by atoms with Gasteiger partial charge < -0.3 is 25.4 Å². The monoisotopic (exact) mass is 554 g/mol. The van der Waals surface area contributed by atoms with Gasteiger partial charge in [-0.2, -0.15) is 0 Å². The van der Waals surface area contributed by atoms with Crippen molar-refractivity contribution in [3.8, 4) is 11.1 Å². The number of ether oxygens (including phenoxy) is 2. The number of nitrogens with two attached hydrogens (primary N) is 1. The number of benzene rings is 2. The maximum atomic E-state index is 14.2. The van der Waals surface area contributed by atoms with Crippen LogP contribution in [0.3, 0.4) is 0 Å². The van der Waals surface area contributed by atoms with Crippen molar-refractivity contribution in [1.29, 1.82) is 5.41 Å². The minimum absolute atomic E-state index is 0.0223. The maximum absolute atomic E-state index is 14.2. The van der Waals surface area contributed by atoms with E-state index in [4.69, 9.17) is 20.6 Å². The predicted octanol–water partition coefficient (Wildman–Crippen LogP) is 3.74. The summed E-state index contributed by atoms with van der Waals surface area (Å²) < 4.78 is 39.1. The number of thiophene rings is 1. The largest absolute Gasteiger partial charge is 0.384 e. The van der Waals surface area contributed by atoms with E-state index in [-0.39, 0.29) is 48.6 Å². The van der Waals surface area contributed by atoms with E-state index in [0.29, 0.717) is 29.9 Å². The van der Waals surface area contributed by atoms with Crippen LogP contribution in [0.5, 0.6) is 0 Å². The number of halogens is 2. The van der Waals surface area contributed by atoms with Crippen LogP contribution < -0.4 is 11.1 Å². The van der Waals surface area contributed by atoms with Crippen LogP contribution in [0.15, 0.2) is 53.9 Å². The number of amides is 2. The average Bonchev–Trinajstić information content (AvgIpc) is 3.65. The van der Waals surface area contributed by atoms with E-state index in [1.165, 1.54) is 28.4 Å². The molecule has 11 heteroatoms. The fourth-order valence-electron chi connectivity index (χ4n) is 4.95. The van der Waals surface area contributed by atoms with Crippen LogP contribution in [0.25, 0.3) is 11.1 Å². The number of amidine groups is 1. The van der Waals surface area contributed by atoms with Crippen molar-refractivity contribution in [3.63, 3.8) is 0 Å². The molecule has 0 radical (unpaired) electrons. The molecule has 1 spiro atoms. The molecule has 39 heavy (non-hydrogen) atoms. The van der Waals surface area contributed by atoms with E-state index in [2.05, 4.69) is 5.32 Å². The zero-order chi connectivity index (χ0) is 27.7. The Bertz CT molecular complexity index is 1400. The fraction of sp³-hybridized carbons (Fsp3) is 0.321. The summed E-state index contributed by atoms with van der Waals surface area (Å²) in [5, 5.41) is 12.3. The number of carbonyl (C=O) groups is 2. The van der Waals surface area contributed by atoms with E-state index in [1.807, 2.05) is 6.92 Å². The third-order valence-corrected chi connectivity index (χ3v) is 8.11. The third-order valence-electron chi connectivity index (χ3n) is 7.00. The number of nitrogen functional groups attached to an aromatic ring is 1. The minimum Gasteiger partial charge on any atom is -0.384 e. The number of nitrogens with zero attached hydrogens (tertiary/aromatic N) is 1. The summed E-state index contributed by atoms with van der Waals surface area (Å²) in [7, 11) is 0. The first kappa shape index (κ1) is 26.9. The summed E-state index contributed by atoms with van der Waals surface area (Å²) >= 11 is 1.39. The Morgan fingerprint density at radius 3 is 2.54 bits per heavy atom. The van der Waals surface area contributed by atoms with Gasteiger partial charge in [-0.25, -0.2) is 8.78 Å². The SMILES string of the molecule is C[C@@H](NC(=O)C1CC2(CN1C(=O)Cc1ccc(-c3ccc(F)cc3F)cc1)OCCO2)c1cc(C(=N)N)cs1. The molecule has 3 aromatic rings. The van der Waals surface area contributed by atoms with Gasteiger partial charge in [0.1, 0.15) is 23.5 Å². The zero-order valence-electron chi connectivity index (χ0n) is 21.2. The topological polar surface area (TPSA) is 118 Å². The molecule has 2 atom stereocenters. The first-order valence-corrected chi connectivity index (χ1v) is 13.4. The van der Waals surface area contributed by atoms with Crippen LogP contribution in [-0.4, -0.2) is 54.1 Å². The second-order valence-electron chi connectivity index (χ2n) is 9.73. The number of hydrogen-bond acceptors (Lipinski definition) is 6. The molecule has 1 aromatic heterocycles. The summed E-state index contributed by atoms with van der Waals surface area (Å²) in [4.78, 5) is 29.2. The number of carbonyl (C=O) groups excluding carboxylic acids is 2. The number of likely N-dealkylation sites (tertiary alicyclic amines) is 1. The summed E-state index contributed by atoms with van der Waals surface area (Å²) in [5.41, 5.74) is 7.66. The zero-order valence-corrected chi connectivity index (χ0v) is 22.0. The van der Waals surface area contributed by atoms with E-state index >= 15 is 0 Å². The smallest absolute Gasteiger partial charge is 0.243 e. The Kier molecular flexibility index (Phi) is 7.48. The molecular formula is C28H28F2N4O4S. The molecule has 8 nitrogen and oxygen atoms in total. The van der Waals surface area contributed by atoms with Crippen molar-refractivity contribution in [1.82, 2.24) is 10.2 Å². The van der Waals surface area contributed by atoms with E-state index in [1.54, 1.807) is 35.7 Å². The van der Waals surface area contributed by atoms with Crippen molar-refractivity contribution in [3.05, 3.63) is 81.5 Å². The normalized spacial score (nSPS) is 18.8. The van der Waals surface area contributed by atoms with Crippen LogP contribution in [-0.2, 0) is 25.5 Å². The minimum atomic E-state index is -1.02. The Morgan fingerprint density at radius 2 is 1.90 bits per heavy atom. The van der Waals surface area contributed by atoms with E-state index in [9.17, 15) is 18.4 Å². The Labute approximate surface area is 228 Å². The first-order valence-electron chi connectivity index (χ1n) is 12.5. The second kappa shape index (κ2) is 10.8. The van der Waals surface area contributed by atoms with Crippen molar-refractivity contribution in [2.75, 3.05) is 19.8 Å². The fourth-order valence-corrected chi connectivity index (χ4v) is 5.86. The molecule has 5 rings (SSSR count). The Balaban J connectivity index is 1.30. The van der Waals surface area contributed by atoms with Gasteiger partial charge in [-0.3, -0.25) is 15.0 Å². The molecule has 2 amide bonds. The quantitative estimate of drug-likeness (QED) is 0.304. The molecular weight excluding hydrogens is 526 g/mol. The van der Waals surface area contributed by atoms with Crippen molar-refractivity contribution in [2.24, 2.45) is 5.73 Å². The lowest BCUT2D eigenvalue weighted by molar-refractivity contribution is -0.152. The van der Waals surface area contributed by atoms with Crippen LogP contribution in [0.2, 0.25) is 0 Å². The molecule has 0 bridgehead atoms. The van der Waals surface area contributed by atoms with Crippen molar-refractivity contribution in [2.45, 2.75) is 37.6 Å². The molecule has 3 heterocycles. The lowest BCUT2D eigenvalue weighted by Crippen LogP contribution is -2.47.